The van der Waals surface area contributed by atoms with Crippen molar-refractivity contribution in [3.8, 4) is 11.8 Å². The molecule has 0 radical (unpaired) electrons. The molecule has 21 heavy (non-hydrogen) atoms. The SMILES string of the molecule is CCCC(Nc1cccc(OCC#N)c1)c1ccccc1. The zero-order valence-corrected chi connectivity index (χ0v) is 12.3. The highest BCUT2D eigenvalue weighted by molar-refractivity contribution is 5.50. The molecule has 3 nitrogen and oxygen atoms in total. The van der Waals surface area contributed by atoms with Crippen LogP contribution in [0.5, 0.6) is 5.75 Å². The van der Waals surface area contributed by atoms with E-state index in [1.54, 1.807) is 0 Å². The molecule has 2 aromatic rings. The van der Waals surface area contributed by atoms with Gasteiger partial charge in [0.2, 0.25) is 0 Å². The largest absolute Gasteiger partial charge is 0.479 e. The molecule has 0 saturated heterocycles. The number of ether oxygens (including phenoxy) is 1. The predicted octanol–water partition coefficient (Wildman–Crippen LogP) is 4.54. The highest BCUT2D eigenvalue weighted by Crippen LogP contribution is 2.26. The van der Waals surface area contributed by atoms with Gasteiger partial charge in [0.15, 0.2) is 6.61 Å². The summed E-state index contributed by atoms with van der Waals surface area (Å²) in [6.45, 7) is 2.25. The Hall–Kier alpha value is -2.47. The second kappa shape index (κ2) is 7.96. The maximum Gasteiger partial charge on any atom is 0.174 e. The maximum atomic E-state index is 8.57. The number of nitriles is 1. The topological polar surface area (TPSA) is 45.0 Å². The van der Waals surface area contributed by atoms with Crippen LogP contribution >= 0.6 is 0 Å². The minimum Gasteiger partial charge on any atom is -0.479 e. The third kappa shape index (κ3) is 4.54. The fraction of sp³-hybridized carbons (Fsp3) is 0.278. The molecular formula is C18H20N2O. The lowest BCUT2D eigenvalue weighted by atomic mass is 10.0. The first-order valence-corrected chi connectivity index (χ1v) is 7.24. The van der Waals surface area contributed by atoms with Crippen molar-refractivity contribution in [2.24, 2.45) is 0 Å². The number of rotatable bonds is 7. The van der Waals surface area contributed by atoms with E-state index in [-0.39, 0.29) is 12.6 Å². The molecule has 1 unspecified atom stereocenters. The van der Waals surface area contributed by atoms with Crippen LogP contribution in [0.1, 0.15) is 31.4 Å². The summed E-state index contributed by atoms with van der Waals surface area (Å²) in [5, 5.41) is 12.1. The highest BCUT2D eigenvalue weighted by atomic mass is 16.5. The molecule has 0 fully saturated rings. The summed E-state index contributed by atoms with van der Waals surface area (Å²) in [5.74, 6) is 0.713. The Kier molecular flexibility index (Phi) is 5.66. The van der Waals surface area contributed by atoms with E-state index in [4.69, 9.17) is 10.00 Å². The van der Waals surface area contributed by atoms with Crippen LogP contribution in [0.15, 0.2) is 54.6 Å². The normalized spacial score (nSPS) is 11.4. The summed E-state index contributed by atoms with van der Waals surface area (Å²) in [7, 11) is 0. The summed E-state index contributed by atoms with van der Waals surface area (Å²) in [4.78, 5) is 0. The highest BCUT2D eigenvalue weighted by Gasteiger charge is 2.10. The monoisotopic (exact) mass is 280 g/mol. The Morgan fingerprint density at radius 3 is 2.67 bits per heavy atom. The van der Waals surface area contributed by atoms with Gasteiger partial charge in [-0.1, -0.05) is 49.7 Å². The molecule has 0 bridgehead atoms. The molecular weight excluding hydrogens is 260 g/mol. The summed E-state index contributed by atoms with van der Waals surface area (Å²) in [6.07, 6.45) is 2.17. The summed E-state index contributed by atoms with van der Waals surface area (Å²) >= 11 is 0. The standard InChI is InChI=1S/C18H20N2O/c1-2-7-18(15-8-4-3-5-9-15)20-16-10-6-11-17(14-16)21-13-12-19/h3-6,8-11,14,18,20H,2,7,13H2,1H3. The summed E-state index contributed by atoms with van der Waals surface area (Å²) in [5.41, 5.74) is 2.29. The van der Waals surface area contributed by atoms with Crippen LogP contribution in [0.2, 0.25) is 0 Å². The molecule has 2 rings (SSSR count). The molecule has 0 spiro atoms. The minimum atomic E-state index is 0.0700. The van der Waals surface area contributed by atoms with Crippen molar-refractivity contribution in [1.82, 2.24) is 0 Å². The fourth-order valence-corrected chi connectivity index (χ4v) is 2.29. The van der Waals surface area contributed by atoms with Gasteiger partial charge in [-0.2, -0.15) is 5.26 Å². The van der Waals surface area contributed by atoms with Crippen molar-refractivity contribution >= 4 is 5.69 Å². The number of hydrogen-bond donors (Lipinski definition) is 1. The van der Waals surface area contributed by atoms with Gasteiger partial charge >= 0.3 is 0 Å². The third-order valence-corrected chi connectivity index (χ3v) is 3.26. The third-order valence-electron chi connectivity index (χ3n) is 3.26. The van der Waals surface area contributed by atoms with Crippen molar-refractivity contribution in [3.05, 3.63) is 60.2 Å². The first-order valence-electron chi connectivity index (χ1n) is 7.24. The average molecular weight is 280 g/mol. The number of benzene rings is 2. The van der Waals surface area contributed by atoms with Crippen LogP contribution in [0, 0.1) is 11.3 Å². The van der Waals surface area contributed by atoms with Crippen LogP contribution in [0.3, 0.4) is 0 Å². The quantitative estimate of drug-likeness (QED) is 0.809. The second-order valence-corrected chi connectivity index (χ2v) is 4.87. The molecule has 3 heteroatoms. The van der Waals surface area contributed by atoms with Crippen LogP contribution in [-0.2, 0) is 0 Å². The number of nitrogens with zero attached hydrogens (tertiary/aromatic N) is 1. The van der Waals surface area contributed by atoms with E-state index in [1.165, 1.54) is 5.56 Å². The van der Waals surface area contributed by atoms with E-state index in [0.29, 0.717) is 5.75 Å². The predicted molar refractivity (Wildman–Crippen MR) is 85.3 cm³/mol. The zero-order chi connectivity index (χ0) is 14.9. The lowest BCUT2D eigenvalue weighted by Crippen LogP contribution is -2.10. The van der Waals surface area contributed by atoms with Crippen molar-refractivity contribution in [1.29, 1.82) is 5.26 Å². The maximum absolute atomic E-state index is 8.57. The molecule has 0 aliphatic heterocycles. The van der Waals surface area contributed by atoms with E-state index in [2.05, 4.69) is 36.5 Å². The summed E-state index contributed by atoms with van der Waals surface area (Å²) in [6, 6.07) is 20.4. The van der Waals surface area contributed by atoms with Crippen molar-refractivity contribution in [2.75, 3.05) is 11.9 Å². The van der Waals surface area contributed by atoms with Gasteiger partial charge in [-0.25, -0.2) is 0 Å². The number of hydrogen-bond acceptors (Lipinski definition) is 3. The van der Waals surface area contributed by atoms with Crippen molar-refractivity contribution in [3.63, 3.8) is 0 Å². The average Bonchev–Trinajstić information content (AvgIpc) is 2.54. The molecule has 0 aromatic heterocycles. The molecule has 2 aromatic carbocycles. The number of nitrogens with one attached hydrogen (secondary N) is 1. The van der Waals surface area contributed by atoms with Crippen LogP contribution < -0.4 is 10.1 Å². The van der Waals surface area contributed by atoms with E-state index in [9.17, 15) is 0 Å². The van der Waals surface area contributed by atoms with Crippen LogP contribution in [-0.4, -0.2) is 6.61 Å². The minimum absolute atomic E-state index is 0.0700. The molecule has 0 aliphatic rings. The molecule has 0 saturated carbocycles. The molecule has 0 amide bonds. The Labute approximate surface area is 126 Å². The molecule has 108 valence electrons. The van der Waals surface area contributed by atoms with Gasteiger partial charge in [-0.15, -0.1) is 0 Å². The van der Waals surface area contributed by atoms with Gasteiger partial charge in [-0.3, -0.25) is 0 Å². The van der Waals surface area contributed by atoms with E-state index in [1.807, 2.05) is 36.4 Å². The van der Waals surface area contributed by atoms with Gasteiger partial charge in [-0.05, 0) is 24.1 Å². The Morgan fingerprint density at radius 2 is 1.95 bits per heavy atom. The van der Waals surface area contributed by atoms with Gasteiger partial charge in [0.25, 0.3) is 0 Å². The van der Waals surface area contributed by atoms with Gasteiger partial charge in [0.05, 0.1) is 6.04 Å². The Balaban J connectivity index is 2.12. The molecule has 0 heterocycles. The van der Waals surface area contributed by atoms with Crippen LogP contribution in [0.4, 0.5) is 5.69 Å². The zero-order valence-electron chi connectivity index (χ0n) is 12.3. The van der Waals surface area contributed by atoms with Crippen LogP contribution in [0.25, 0.3) is 0 Å². The smallest absolute Gasteiger partial charge is 0.174 e. The van der Waals surface area contributed by atoms with Gasteiger partial charge < -0.3 is 10.1 Å². The van der Waals surface area contributed by atoms with Crippen molar-refractivity contribution < 1.29 is 4.74 Å². The van der Waals surface area contributed by atoms with Gasteiger partial charge in [0.1, 0.15) is 11.8 Å². The first kappa shape index (κ1) is 14.9. The van der Waals surface area contributed by atoms with Crippen molar-refractivity contribution in [2.45, 2.75) is 25.8 Å². The van der Waals surface area contributed by atoms with Gasteiger partial charge in [0, 0.05) is 11.8 Å². The fourth-order valence-electron chi connectivity index (χ4n) is 2.29. The molecule has 0 aliphatic carbocycles. The Morgan fingerprint density at radius 1 is 1.14 bits per heavy atom. The molecule has 1 N–H and O–H groups in total. The summed E-state index contributed by atoms with van der Waals surface area (Å²) < 4.78 is 5.34. The lowest BCUT2D eigenvalue weighted by Gasteiger charge is -2.20. The lowest BCUT2D eigenvalue weighted by molar-refractivity contribution is 0.368. The number of anilines is 1. The Bertz CT molecular complexity index is 590. The van der Waals surface area contributed by atoms with E-state index < -0.39 is 0 Å². The van der Waals surface area contributed by atoms with E-state index in [0.717, 1.165) is 18.5 Å². The molecule has 1 atom stereocenters. The van der Waals surface area contributed by atoms with E-state index >= 15 is 0 Å². The second-order valence-electron chi connectivity index (χ2n) is 4.87. The first-order chi connectivity index (χ1) is 10.3.